The van der Waals surface area contributed by atoms with Crippen molar-refractivity contribution in [2.24, 2.45) is 0 Å². The van der Waals surface area contributed by atoms with E-state index < -0.39 is 5.97 Å². The van der Waals surface area contributed by atoms with E-state index in [4.69, 9.17) is 9.47 Å². The molecule has 3 atom stereocenters. The third kappa shape index (κ3) is 4.46. The molecule has 0 aliphatic heterocycles. The summed E-state index contributed by atoms with van der Waals surface area (Å²) in [5, 5.41) is 10.8. The number of aromatic carboxylic acids is 1. The van der Waals surface area contributed by atoms with Crippen LogP contribution in [-0.2, 0) is 4.74 Å². The van der Waals surface area contributed by atoms with Crippen LogP contribution in [-0.4, -0.2) is 41.1 Å². The number of nitrogens with one attached hydrogen (secondary N) is 1. The molecule has 0 amide bonds. The molecular formula is C25H29NO4S. The monoisotopic (exact) mass is 439 g/mol. The van der Waals surface area contributed by atoms with Gasteiger partial charge in [0.1, 0.15) is 5.75 Å². The van der Waals surface area contributed by atoms with Crippen LogP contribution in [0.4, 0.5) is 0 Å². The Kier molecular flexibility index (Phi) is 6.58. The number of hydrogen-bond donors (Lipinski definition) is 2. The molecular weight excluding hydrogens is 410 g/mol. The zero-order valence-corrected chi connectivity index (χ0v) is 19.0. The highest BCUT2D eigenvalue weighted by Gasteiger charge is 2.34. The molecule has 2 N–H and O–H groups in total. The van der Waals surface area contributed by atoms with E-state index in [0.717, 1.165) is 35.4 Å². The number of aromatic nitrogens is 1. The number of hydrogen-bond acceptors (Lipinski definition) is 4. The minimum atomic E-state index is -0.896. The molecule has 0 unspecified atom stereocenters. The summed E-state index contributed by atoms with van der Waals surface area (Å²) in [7, 11) is 1.73. The average molecular weight is 440 g/mol. The number of carbonyl (C=O) groups is 1. The fourth-order valence-corrected chi connectivity index (χ4v) is 6.18. The molecule has 0 spiro atoms. The lowest BCUT2D eigenvalue weighted by Gasteiger charge is -2.36. The van der Waals surface area contributed by atoms with Gasteiger partial charge < -0.3 is 19.6 Å². The fourth-order valence-electron chi connectivity index (χ4n) is 4.63. The van der Waals surface area contributed by atoms with Gasteiger partial charge in [-0.15, -0.1) is 11.8 Å². The first kappa shape index (κ1) is 21.8. The largest absolute Gasteiger partial charge is 0.496 e. The van der Waals surface area contributed by atoms with Gasteiger partial charge in [0.05, 0.1) is 23.7 Å². The Morgan fingerprint density at radius 3 is 2.68 bits per heavy atom. The molecule has 0 saturated heterocycles. The maximum absolute atomic E-state index is 11.3. The third-order valence-electron chi connectivity index (χ3n) is 6.17. The van der Waals surface area contributed by atoms with E-state index in [2.05, 4.69) is 24.0 Å². The molecule has 3 aromatic rings. The predicted octanol–water partition coefficient (Wildman–Crippen LogP) is 6.02. The maximum atomic E-state index is 11.3. The van der Waals surface area contributed by atoms with E-state index in [-0.39, 0.29) is 12.0 Å². The fraction of sp³-hybridized carbons (Fsp3) is 0.400. The van der Waals surface area contributed by atoms with Crippen LogP contribution in [0.2, 0.25) is 0 Å². The topological polar surface area (TPSA) is 71.5 Å². The van der Waals surface area contributed by atoms with Crippen molar-refractivity contribution in [1.29, 1.82) is 0 Å². The van der Waals surface area contributed by atoms with E-state index >= 15 is 0 Å². The second-order valence-electron chi connectivity index (χ2n) is 8.07. The molecule has 31 heavy (non-hydrogen) atoms. The van der Waals surface area contributed by atoms with Crippen molar-refractivity contribution < 1.29 is 19.4 Å². The van der Waals surface area contributed by atoms with Crippen molar-refractivity contribution in [3.8, 4) is 5.75 Å². The number of H-pyrrole nitrogens is 1. The van der Waals surface area contributed by atoms with Gasteiger partial charge in [0.2, 0.25) is 0 Å². The standard InChI is InChI=1S/C25H29NO4S/c1-4-30-18-9-10-22(20(14-18)16-5-7-17(8-6-16)25(27)28)31-24-19-11-12-26-23(19)15(2)13-21(24)29-3/h5-8,11-13,18,20,22,26H,4,9-10,14H2,1-3H3,(H,27,28)/t18-,20-,22+/m0/s1. The molecule has 164 valence electrons. The summed E-state index contributed by atoms with van der Waals surface area (Å²) in [5.41, 5.74) is 3.80. The summed E-state index contributed by atoms with van der Waals surface area (Å²) < 4.78 is 11.7. The van der Waals surface area contributed by atoms with Gasteiger partial charge in [0.25, 0.3) is 0 Å². The summed E-state index contributed by atoms with van der Waals surface area (Å²) in [6.45, 7) is 4.84. The van der Waals surface area contributed by atoms with Gasteiger partial charge in [-0.2, -0.15) is 0 Å². The number of methoxy groups -OCH3 is 1. The number of fused-ring (bicyclic) bond motifs is 1. The lowest BCUT2D eigenvalue weighted by Crippen LogP contribution is -2.30. The highest BCUT2D eigenvalue weighted by atomic mass is 32.2. The molecule has 1 aromatic heterocycles. The van der Waals surface area contributed by atoms with Crippen LogP contribution in [0.5, 0.6) is 5.75 Å². The number of thioether (sulfide) groups is 1. The second kappa shape index (κ2) is 9.37. The lowest BCUT2D eigenvalue weighted by molar-refractivity contribution is 0.0321. The summed E-state index contributed by atoms with van der Waals surface area (Å²) in [4.78, 5) is 15.8. The third-order valence-corrected chi connectivity index (χ3v) is 7.70. The minimum absolute atomic E-state index is 0.234. The molecule has 1 heterocycles. The van der Waals surface area contributed by atoms with Crippen LogP contribution in [0.3, 0.4) is 0 Å². The minimum Gasteiger partial charge on any atom is -0.496 e. The van der Waals surface area contributed by atoms with Crippen LogP contribution in [0.1, 0.15) is 53.6 Å². The maximum Gasteiger partial charge on any atom is 0.335 e. The van der Waals surface area contributed by atoms with E-state index in [9.17, 15) is 9.90 Å². The van der Waals surface area contributed by atoms with E-state index in [1.165, 1.54) is 16.5 Å². The number of rotatable bonds is 7. The smallest absolute Gasteiger partial charge is 0.335 e. The van der Waals surface area contributed by atoms with Crippen molar-refractivity contribution in [3.05, 3.63) is 59.3 Å². The van der Waals surface area contributed by atoms with Crippen LogP contribution in [0, 0.1) is 6.92 Å². The van der Waals surface area contributed by atoms with Gasteiger partial charge in [0.15, 0.2) is 0 Å². The summed E-state index contributed by atoms with van der Waals surface area (Å²) in [6.07, 6.45) is 5.21. The Morgan fingerprint density at radius 1 is 1.23 bits per heavy atom. The second-order valence-corrected chi connectivity index (χ2v) is 9.32. The van der Waals surface area contributed by atoms with Crippen LogP contribution < -0.4 is 4.74 Å². The van der Waals surface area contributed by atoms with Crippen molar-refractivity contribution in [1.82, 2.24) is 4.98 Å². The van der Waals surface area contributed by atoms with E-state index in [1.54, 1.807) is 19.2 Å². The van der Waals surface area contributed by atoms with Crippen molar-refractivity contribution in [2.75, 3.05) is 13.7 Å². The molecule has 5 nitrogen and oxygen atoms in total. The number of benzene rings is 2. The van der Waals surface area contributed by atoms with E-state index in [1.807, 2.05) is 37.0 Å². The number of carboxylic acid groups (broad SMARTS) is 1. The molecule has 0 bridgehead atoms. The summed E-state index contributed by atoms with van der Waals surface area (Å²) >= 11 is 1.88. The van der Waals surface area contributed by atoms with Crippen molar-refractivity contribution in [2.45, 2.75) is 55.3 Å². The van der Waals surface area contributed by atoms with Gasteiger partial charge in [0, 0.05) is 29.0 Å². The molecule has 1 aliphatic carbocycles. The molecule has 4 rings (SSSR count). The first-order chi connectivity index (χ1) is 15.0. The highest BCUT2D eigenvalue weighted by Crippen LogP contribution is 2.48. The lowest BCUT2D eigenvalue weighted by atomic mass is 9.81. The van der Waals surface area contributed by atoms with E-state index in [0.29, 0.717) is 17.4 Å². The van der Waals surface area contributed by atoms with Crippen LogP contribution in [0.25, 0.3) is 10.9 Å². The van der Waals surface area contributed by atoms with Crippen LogP contribution in [0.15, 0.2) is 47.5 Å². The first-order valence-electron chi connectivity index (χ1n) is 10.8. The molecule has 1 aliphatic rings. The Balaban J connectivity index is 1.69. The molecule has 0 radical (unpaired) electrons. The molecule has 2 aromatic carbocycles. The quantitative estimate of drug-likeness (QED) is 0.471. The van der Waals surface area contributed by atoms with Crippen molar-refractivity contribution >= 4 is 28.6 Å². The number of ether oxygens (including phenoxy) is 2. The molecule has 1 fully saturated rings. The number of aryl methyl sites for hydroxylation is 1. The zero-order chi connectivity index (χ0) is 22.0. The van der Waals surface area contributed by atoms with Gasteiger partial charge in [-0.3, -0.25) is 0 Å². The Bertz CT molecular complexity index is 1060. The highest BCUT2D eigenvalue weighted by molar-refractivity contribution is 8.00. The van der Waals surface area contributed by atoms with Crippen molar-refractivity contribution in [3.63, 3.8) is 0 Å². The Hall–Kier alpha value is -2.44. The Morgan fingerprint density at radius 2 is 2.00 bits per heavy atom. The predicted molar refractivity (Wildman–Crippen MR) is 125 cm³/mol. The average Bonchev–Trinajstić information content (AvgIpc) is 3.27. The van der Waals surface area contributed by atoms with Gasteiger partial charge in [-0.05, 0) is 74.4 Å². The number of aromatic amines is 1. The SMILES string of the molecule is CCO[C@H]1CC[C@@H](Sc2c(OC)cc(C)c3[nH]ccc23)[C@H](c2ccc(C(=O)O)cc2)C1. The number of carboxylic acids is 1. The zero-order valence-electron chi connectivity index (χ0n) is 18.2. The summed E-state index contributed by atoms with van der Waals surface area (Å²) in [6, 6.07) is 11.6. The summed E-state index contributed by atoms with van der Waals surface area (Å²) in [5.74, 6) is 0.284. The Labute approximate surface area is 187 Å². The van der Waals surface area contributed by atoms with Gasteiger partial charge >= 0.3 is 5.97 Å². The molecule has 6 heteroatoms. The normalized spacial score (nSPS) is 21.3. The first-order valence-corrected chi connectivity index (χ1v) is 11.7. The molecule has 1 saturated carbocycles. The van der Waals surface area contributed by atoms with Gasteiger partial charge in [-0.1, -0.05) is 12.1 Å². The van der Waals surface area contributed by atoms with Crippen LogP contribution >= 0.6 is 11.8 Å². The van der Waals surface area contributed by atoms with Gasteiger partial charge in [-0.25, -0.2) is 4.79 Å².